The number of piperidine rings is 1. The van der Waals surface area contributed by atoms with Gasteiger partial charge in [0.15, 0.2) is 5.16 Å². The summed E-state index contributed by atoms with van der Waals surface area (Å²) in [7, 11) is -1.15. The molecule has 1 unspecified atom stereocenters. The van der Waals surface area contributed by atoms with Crippen LogP contribution in [0.3, 0.4) is 0 Å². The molecule has 1 aliphatic rings. The number of carbonyl (C=O) groups is 1. The van der Waals surface area contributed by atoms with Crippen molar-refractivity contribution in [1.82, 2.24) is 24.4 Å². The lowest BCUT2D eigenvalue weighted by atomic mass is 10.0. The number of amides is 1. The van der Waals surface area contributed by atoms with Gasteiger partial charge in [-0.1, -0.05) is 31.4 Å². The number of anilines is 1. The summed E-state index contributed by atoms with van der Waals surface area (Å²) in [5, 5.41) is 14.8. The van der Waals surface area contributed by atoms with Crippen LogP contribution in [0.4, 0.5) is 10.5 Å². The molecule has 0 aromatic carbocycles. The van der Waals surface area contributed by atoms with Crippen LogP contribution < -0.4 is 5.32 Å². The van der Waals surface area contributed by atoms with Crippen molar-refractivity contribution >= 4 is 42.6 Å². The summed E-state index contributed by atoms with van der Waals surface area (Å²) in [5.74, 6) is 0. The molecule has 0 spiro atoms. The minimum absolute atomic E-state index is 0.00222. The number of aromatic nitrogens is 4. The van der Waals surface area contributed by atoms with Crippen molar-refractivity contribution in [3.8, 4) is 11.3 Å². The zero-order valence-corrected chi connectivity index (χ0v) is 22.6. The van der Waals surface area contributed by atoms with E-state index in [1.165, 1.54) is 16.7 Å². The van der Waals surface area contributed by atoms with Gasteiger partial charge in [-0.3, -0.25) is 0 Å². The monoisotopic (exact) mass is 514 g/mol. The molecule has 1 atom stereocenters. The van der Waals surface area contributed by atoms with E-state index in [1.807, 2.05) is 35.3 Å². The number of carboxylic acid groups (broad SMARTS) is 1. The Bertz CT molecular complexity index is 1180. The fraction of sp³-hybridized carbons (Fsp3) is 0.500. The highest BCUT2D eigenvalue weighted by Gasteiger charge is 2.25. The molecule has 35 heavy (non-hydrogen) atoms. The van der Waals surface area contributed by atoms with Crippen molar-refractivity contribution in [2.24, 2.45) is 0 Å². The third-order valence-electron chi connectivity index (χ3n) is 6.15. The van der Waals surface area contributed by atoms with Gasteiger partial charge in [0.2, 0.25) is 0 Å². The van der Waals surface area contributed by atoms with Crippen LogP contribution in [0.5, 0.6) is 0 Å². The molecule has 1 saturated heterocycles. The SMILES string of the molecule is CSc1nccc(-c2cnc3c(ccn3COCC[Si](C)(C)C)c2NC2CCCN(C(=O)O)C2)n1. The van der Waals surface area contributed by atoms with E-state index in [1.54, 1.807) is 6.20 Å². The van der Waals surface area contributed by atoms with Gasteiger partial charge in [-0.05, 0) is 37.3 Å². The van der Waals surface area contributed by atoms with Crippen LogP contribution in [-0.4, -0.2) is 75.7 Å². The zero-order chi connectivity index (χ0) is 25.0. The minimum Gasteiger partial charge on any atom is -0.465 e. The van der Waals surface area contributed by atoms with Crippen molar-refractivity contribution in [2.45, 2.75) is 56.5 Å². The van der Waals surface area contributed by atoms with Crippen molar-refractivity contribution in [1.29, 1.82) is 0 Å². The summed E-state index contributed by atoms with van der Waals surface area (Å²) in [6, 6.07) is 5.05. The molecule has 0 radical (unpaired) electrons. The molecular formula is C24H34N6O3SSi. The fourth-order valence-corrected chi connectivity index (χ4v) is 5.31. The van der Waals surface area contributed by atoms with Gasteiger partial charge in [0.1, 0.15) is 12.4 Å². The Kier molecular flexibility index (Phi) is 7.97. The number of ether oxygens (including phenoxy) is 1. The number of nitrogens with zero attached hydrogens (tertiary/aromatic N) is 5. The van der Waals surface area contributed by atoms with Crippen LogP contribution >= 0.6 is 11.8 Å². The minimum atomic E-state index is -1.15. The summed E-state index contributed by atoms with van der Waals surface area (Å²) in [6.07, 6.45) is 8.39. The third-order valence-corrected chi connectivity index (χ3v) is 8.41. The van der Waals surface area contributed by atoms with E-state index < -0.39 is 14.2 Å². The smallest absolute Gasteiger partial charge is 0.407 e. The van der Waals surface area contributed by atoms with E-state index in [2.05, 4.69) is 29.9 Å². The van der Waals surface area contributed by atoms with Gasteiger partial charge in [-0.15, -0.1) is 0 Å². The Balaban J connectivity index is 1.66. The fourth-order valence-electron chi connectivity index (χ4n) is 4.20. The van der Waals surface area contributed by atoms with Crippen molar-refractivity contribution < 1.29 is 14.6 Å². The molecule has 1 amide bonds. The van der Waals surface area contributed by atoms with Crippen LogP contribution in [0.15, 0.2) is 35.9 Å². The second-order valence-electron chi connectivity index (χ2n) is 10.1. The van der Waals surface area contributed by atoms with Gasteiger partial charge in [0.25, 0.3) is 0 Å². The van der Waals surface area contributed by atoms with E-state index in [0.717, 1.165) is 53.5 Å². The Hall–Kier alpha value is -2.63. The molecule has 9 nitrogen and oxygen atoms in total. The summed E-state index contributed by atoms with van der Waals surface area (Å²) in [5.41, 5.74) is 3.40. The molecule has 2 N–H and O–H groups in total. The van der Waals surface area contributed by atoms with Crippen molar-refractivity contribution in [3.63, 3.8) is 0 Å². The third kappa shape index (κ3) is 6.33. The highest BCUT2D eigenvalue weighted by molar-refractivity contribution is 7.98. The van der Waals surface area contributed by atoms with Gasteiger partial charge >= 0.3 is 6.09 Å². The summed E-state index contributed by atoms with van der Waals surface area (Å²) < 4.78 is 8.00. The zero-order valence-electron chi connectivity index (χ0n) is 20.8. The average Bonchev–Trinajstić information content (AvgIpc) is 3.25. The Morgan fingerprint density at radius 3 is 2.89 bits per heavy atom. The highest BCUT2D eigenvalue weighted by Crippen LogP contribution is 2.35. The van der Waals surface area contributed by atoms with Gasteiger partial charge < -0.3 is 24.6 Å². The molecule has 0 aliphatic carbocycles. The second kappa shape index (κ2) is 11.0. The first-order valence-corrected chi connectivity index (χ1v) is 16.9. The standard InChI is InChI=1S/C24H34N6O3SSi/c1-34-23-25-9-7-20(28-23)19-14-26-22-18(8-11-30(22)16-33-12-13-35(2,3)4)21(19)27-17-6-5-10-29(15-17)24(31)32/h7-9,11,14,17H,5-6,10,12-13,15-16H2,1-4H3,(H,26,27)(H,31,32). The Morgan fingerprint density at radius 1 is 1.31 bits per heavy atom. The van der Waals surface area contributed by atoms with Crippen molar-refractivity contribution in [2.75, 3.05) is 31.3 Å². The quantitative estimate of drug-likeness (QED) is 0.176. The first-order chi connectivity index (χ1) is 16.7. The van der Waals surface area contributed by atoms with E-state index in [9.17, 15) is 9.90 Å². The van der Waals surface area contributed by atoms with E-state index in [0.29, 0.717) is 25.0 Å². The summed E-state index contributed by atoms with van der Waals surface area (Å²) >= 11 is 1.49. The number of hydrogen-bond acceptors (Lipinski definition) is 7. The number of likely N-dealkylation sites (tertiary alicyclic amines) is 1. The maximum absolute atomic E-state index is 11.6. The van der Waals surface area contributed by atoms with Crippen LogP contribution in [0.25, 0.3) is 22.3 Å². The van der Waals surface area contributed by atoms with Gasteiger partial charge in [-0.2, -0.15) is 0 Å². The molecule has 11 heteroatoms. The maximum atomic E-state index is 11.6. The van der Waals surface area contributed by atoms with E-state index in [4.69, 9.17) is 14.7 Å². The lowest BCUT2D eigenvalue weighted by Crippen LogP contribution is -2.44. The van der Waals surface area contributed by atoms with Gasteiger partial charge in [-0.25, -0.2) is 19.7 Å². The van der Waals surface area contributed by atoms with Crippen LogP contribution in [-0.2, 0) is 11.5 Å². The van der Waals surface area contributed by atoms with Gasteiger partial charge in [0, 0.05) is 63.4 Å². The largest absolute Gasteiger partial charge is 0.465 e. The van der Waals surface area contributed by atoms with E-state index in [-0.39, 0.29) is 6.04 Å². The van der Waals surface area contributed by atoms with Crippen LogP contribution in [0.2, 0.25) is 25.7 Å². The number of rotatable bonds is 9. The average molecular weight is 515 g/mol. The van der Waals surface area contributed by atoms with Crippen molar-refractivity contribution in [3.05, 3.63) is 30.7 Å². The molecule has 3 aromatic heterocycles. The van der Waals surface area contributed by atoms with E-state index >= 15 is 0 Å². The topological polar surface area (TPSA) is 105 Å². The Labute approximate surface area is 211 Å². The van der Waals surface area contributed by atoms with Crippen LogP contribution in [0.1, 0.15) is 12.8 Å². The molecule has 0 saturated carbocycles. The first kappa shape index (κ1) is 25.5. The summed E-state index contributed by atoms with van der Waals surface area (Å²) in [6.45, 7) is 9.22. The predicted octanol–water partition coefficient (Wildman–Crippen LogP) is 5.08. The second-order valence-corrected chi connectivity index (χ2v) is 16.5. The predicted molar refractivity (Wildman–Crippen MR) is 143 cm³/mol. The number of fused-ring (bicyclic) bond motifs is 1. The van der Waals surface area contributed by atoms with Crippen LogP contribution in [0, 0.1) is 0 Å². The summed E-state index contributed by atoms with van der Waals surface area (Å²) in [4.78, 5) is 26.8. The molecule has 0 bridgehead atoms. The normalized spacial score (nSPS) is 16.6. The molecule has 188 valence electrons. The first-order valence-electron chi connectivity index (χ1n) is 11.9. The number of hydrogen-bond donors (Lipinski definition) is 2. The molecule has 4 heterocycles. The maximum Gasteiger partial charge on any atom is 0.407 e. The highest BCUT2D eigenvalue weighted by atomic mass is 32.2. The number of pyridine rings is 1. The lowest BCUT2D eigenvalue weighted by Gasteiger charge is -2.32. The molecule has 4 rings (SSSR count). The number of thioether (sulfide) groups is 1. The molecular weight excluding hydrogens is 480 g/mol. The Morgan fingerprint density at radius 2 is 2.14 bits per heavy atom. The van der Waals surface area contributed by atoms with Gasteiger partial charge in [0.05, 0.1) is 11.4 Å². The molecule has 1 fully saturated rings. The molecule has 1 aliphatic heterocycles. The molecule has 3 aromatic rings. The lowest BCUT2D eigenvalue weighted by molar-refractivity contribution is 0.0899. The number of nitrogens with one attached hydrogen (secondary N) is 1.